The van der Waals surface area contributed by atoms with Crippen LogP contribution in [0.25, 0.3) is 0 Å². The van der Waals surface area contributed by atoms with E-state index in [0.717, 1.165) is 21.0 Å². The highest BCUT2D eigenvalue weighted by Crippen LogP contribution is 2.53. The molecule has 180 valence electrons. The van der Waals surface area contributed by atoms with Gasteiger partial charge in [-0.1, -0.05) is 18.2 Å². The summed E-state index contributed by atoms with van der Waals surface area (Å²) in [5.41, 5.74) is -7.31. The Balaban J connectivity index is 2.29. The number of hydrogen-bond acceptors (Lipinski definition) is 3. The van der Waals surface area contributed by atoms with Crippen LogP contribution in [0.3, 0.4) is 0 Å². The van der Waals surface area contributed by atoms with Crippen LogP contribution in [0, 0.1) is 13.8 Å². The summed E-state index contributed by atoms with van der Waals surface area (Å²) in [4.78, 5) is 23.6. The highest BCUT2D eigenvalue weighted by atomic mass is 19.4. The van der Waals surface area contributed by atoms with Gasteiger partial charge in [0.25, 0.3) is 0 Å². The minimum absolute atomic E-state index is 0.105. The van der Waals surface area contributed by atoms with E-state index < -0.39 is 35.7 Å². The molecule has 0 unspecified atom stereocenters. The molecular formula is C20H18F7N3O3. The van der Waals surface area contributed by atoms with Crippen LogP contribution >= 0.6 is 0 Å². The maximum absolute atomic E-state index is 14.3. The number of carbonyl (C=O) groups is 2. The average molecular weight is 481 g/mol. The molecule has 2 aromatic carbocycles. The lowest BCUT2D eigenvalue weighted by atomic mass is 9.90. The Bertz CT molecular complexity index is 1010. The highest BCUT2D eigenvalue weighted by molar-refractivity contribution is 6.01. The molecule has 2 aromatic rings. The van der Waals surface area contributed by atoms with Gasteiger partial charge in [0.15, 0.2) is 0 Å². The lowest BCUT2D eigenvalue weighted by Gasteiger charge is -2.31. The summed E-state index contributed by atoms with van der Waals surface area (Å²) in [7, 11) is 1.15. The molecule has 0 saturated carbocycles. The van der Waals surface area contributed by atoms with Gasteiger partial charge in [-0.2, -0.15) is 26.3 Å². The van der Waals surface area contributed by atoms with Gasteiger partial charge < -0.3 is 15.4 Å². The fourth-order valence-corrected chi connectivity index (χ4v) is 2.97. The molecule has 0 atom stereocenters. The minimum Gasteiger partial charge on any atom is -0.453 e. The van der Waals surface area contributed by atoms with Crippen LogP contribution in [0.15, 0.2) is 36.4 Å². The number of carbonyl (C=O) groups excluding carboxylic acids is 2. The molecule has 0 bridgehead atoms. The van der Waals surface area contributed by atoms with Gasteiger partial charge in [-0.25, -0.2) is 14.0 Å². The van der Waals surface area contributed by atoms with Gasteiger partial charge in [0, 0.05) is 22.6 Å². The van der Waals surface area contributed by atoms with Crippen LogP contribution in [0.2, 0.25) is 0 Å². The van der Waals surface area contributed by atoms with Crippen LogP contribution in [-0.4, -0.2) is 31.6 Å². The zero-order chi connectivity index (χ0) is 25.2. The number of anilines is 3. The lowest BCUT2D eigenvalue weighted by molar-refractivity contribution is -0.348. The van der Waals surface area contributed by atoms with Crippen LogP contribution in [0.5, 0.6) is 0 Å². The van der Waals surface area contributed by atoms with Gasteiger partial charge in [-0.05, 0) is 43.2 Å². The molecule has 0 aliphatic heterocycles. The van der Waals surface area contributed by atoms with Crippen molar-refractivity contribution in [2.45, 2.75) is 31.9 Å². The zero-order valence-electron chi connectivity index (χ0n) is 17.3. The summed E-state index contributed by atoms with van der Waals surface area (Å²) < 4.78 is 97.0. The SMILES string of the molecule is COC(=O)Nc1cccc(NC(=O)Nc2c(C)cc(C(F)(C(F)(F)F)C(F)(F)F)cc2C)c1. The van der Waals surface area contributed by atoms with E-state index in [9.17, 15) is 40.3 Å². The molecule has 0 saturated heterocycles. The van der Waals surface area contributed by atoms with Crippen molar-refractivity contribution in [2.24, 2.45) is 0 Å². The Morgan fingerprint density at radius 1 is 0.788 bits per heavy atom. The van der Waals surface area contributed by atoms with Crippen LogP contribution in [0.4, 0.5) is 57.4 Å². The first-order valence-corrected chi connectivity index (χ1v) is 9.07. The van der Waals surface area contributed by atoms with Gasteiger partial charge in [0.05, 0.1) is 7.11 Å². The van der Waals surface area contributed by atoms with Crippen molar-refractivity contribution in [2.75, 3.05) is 23.1 Å². The summed E-state index contributed by atoms with van der Waals surface area (Å²) in [6, 6.07) is 5.67. The molecule has 3 N–H and O–H groups in total. The Kier molecular flexibility index (Phi) is 7.14. The van der Waals surface area contributed by atoms with Crippen molar-refractivity contribution >= 4 is 29.2 Å². The summed E-state index contributed by atoms with van der Waals surface area (Å²) in [5.74, 6) is 0. The van der Waals surface area contributed by atoms with Crippen molar-refractivity contribution in [3.8, 4) is 0 Å². The molecule has 33 heavy (non-hydrogen) atoms. The number of urea groups is 1. The molecule has 3 amide bonds. The molecule has 0 aliphatic rings. The number of ether oxygens (including phenoxy) is 1. The predicted molar refractivity (Wildman–Crippen MR) is 106 cm³/mol. The Labute approximate surface area is 183 Å². The molecule has 13 heteroatoms. The van der Waals surface area contributed by atoms with Crippen LogP contribution in [-0.2, 0) is 10.4 Å². The third-order valence-electron chi connectivity index (χ3n) is 4.50. The number of rotatable bonds is 4. The summed E-state index contributed by atoms with van der Waals surface area (Å²) in [6.45, 7) is 2.25. The van der Waals surface area contributed by atoms with Crippen LogP contribution in [0.1, 0.15) is 16.7 Å². The maximum atomic E-state index is 14.3. The van der Waals surface area contributed by atoms with Gasteiger partial charge >= 0.3 is 30.1 Å². The summed E-state index contributed by atoms with van der Waals surface area (Å²) in [5, 5.41) is 7.07. The van der Waals surface area contributed by atoms with Crippen molar-refractivity contribution in [3.63, 3.8) is 0 Å². The van der Waals surface area contributed by atoms with E-state index in [0.29, 0.717) is 12.1 Å². The van der Waals surface area contributed by atoms with Gasteiger partial charge in [-0.3, -0.25) is 5.32 Å². The standard InChI is InChI=1S/C20H18F7N3O3/c1-10-7-12(18(21,19(22,23)24)20(25,26)27)8-11(2)15(10)30-16(31)28-13-5-4-6-14(9-13)29-17(32)33-3/h4-9H,1-3H3,(H,29,32)(H2,28,30,31). The highest BCUT2D eigenvalue weighted by Gasteiger charge is 2.73. The number of halogens is 7. The molecule has 0 spiro atoms. The maximum Gasteiger partial charge on any atom is 0.435 e. The van der Waals surface area contributed by atoms with Gasteiger partial charge in [0.2, 0.25) is 0 Å². The second kappa shape index (κ2) is 9.16. The zero-order valence-corrected chi connectivity index (χ0v) is 17.3. The number of nitrogens with one attached hydrogen (secondary N) is 3. The first-order chi connectivity index (χ1) is 15.1. The van der Waals surface area contributed by atoms with Gasteiger partial charge in [0.1, 0.15) is 0 Å². The molecule has 0 aromatic heterocycles. The lowest BCUT2D eigenvalue weighted by Crippen LogP contribution is -2.50. The largest absolute Gasteiger partial charge is 0.453 e. The first kappa shape index (κ1) is 25.7. The molecule has 0 heterocycles. The van der Waals surface area contributed by atoms with Crippen LogP contribution < -0.4 is 16.0 Å². The number of methoxy groups -OCH3 is 1. The average Bonchev–Trinajstić information content (AvgIpc) is 2.68. The monoisotopic (exact) mass is 481 g/mol. The molecule has 0 aliphatic carbocycles. The number of alkyl halides is 7. The van der Waals surface area contributed by atoms with Crippen molar-refractivity contribution in [1.29, 1.82) is 0 Å². The smallest absolute Gasteiger partial charge is 0.435 e. The van der Waals surface area contributed by atoms with E-state index in [-0.39, 0.29) is 28.2 Å². The van der Waals surface area contributed by atoms with E-state index in [4.69, 9.17) is 0 Å². The normalized spacial score (nSPS) is 12.2. The number of aryl methyl sites for hydroxylation is 2. The first-order valence-electron chi connectivity index (χ1n) is 9.07. The van der Waals surface area contributed by atoms with E-state index in [1.54, 1.807) is 0 Å². The Morgan fingerprint density at radius 3 is 1.73 bits per heavy atom. The summed E-state index contributed by atoms with van der Waals surface area (Å²) >= 11 is 0. The van der Waals surface area contributed by atoms with E-state index >= 15 is 0 Å². The molecule has 6 nitrogen and oxygen atoms in total. The molecule has 2 rings (SSSR count). The molecule has 0 radical (unpaired) electrons. The number of amides is 3. The third kappa shape index (κ3) is 5.46. The second-order valence-electron chi connectivity index (χ2n) is 6.92. The second-order valence-corrected chi connectivity index (χ2v) is 6.92. The Hall–Kier alpha value is -3.51. The van der Waals surface area contributed by atoms with Crippen molar-refractivity contribution < 1.29 is 45.1 Å². The van der Waals surface area contributed by atoms with E-state index in [1.165, 1.54) is 24.3 Å². The van der Waals surface area contributed by atoms with E-state index in [2.05, 4.69) is 20.7 Å². The topological polar surface area (TPSA) is 79.5 Å². The van der Waals surface area contributed by atoms with E-state index in [1.807, 2.05) is 0 Å². The van der Waals surface area contributed by atoms with Crippen molar-refractivity contribution in [3.05, 3.63) is 53.1 Å². The number of benzene rings is 2. The quantitative estimate of drug-likeness (QED) is 0.442. The third-order valence-corrected chi connectivity index (χ3v) is 4.50. The number of hydrogen-bond donors (Lipinski definition) is 3. The molecular weight excluding hydrogens is 463 g/mol. The Morgan fingerprint density at radius 2 is 1.27 bits per heavy atom. The molecule has 0 fully saturated rings. The van der Waals surface area contributed by atoms with Gasteiger partial charge in [-0.15, -0.1) is 0 Å². The fourth-order valence-electron chi connectivity index (χ4n) is 2.97. The van der Waals surface area contributed by atoms with Crippen molar-refractivity contribution in [1.82, 2.24) is 0 Å². The minimum atomic E-state index is -6.25. The predicted octanol–water partition coefficient (Wildman–Crippen LogP) is 6.42. The summed E-state index contributed by atoms with van der Waals surface area (Å²) in [6.07, 6.45) is -13.3. The fraction of sp³-hybridized carbons (Fsp3) is 0.300.